The summed E-state index contributed by atoms with van der Waals surface area (Å²) < 4.78 is 4.51. The van der Waals surface area contributed by atoms with Gasteiger partial charge in [0.2, 0.25) is 6.33 Å². The van der Waals surface area contributed by atoms with Crippen LogP contribution in [0.2, 0.25) is 0 Å². The van der Waals surface area contributed by atoms with Crippen molar-refractivity contribution in [2.24, 2.45) is 11.8 Å². The molecule has 0 aliphatic heterocycles. The van der Waals surface area contributed by atoms with E-state index in [1.165, 1.54) is 0 Å². The van der Waals surface area contributed by atoms with E-state index in [2.05, 4.69) is 55.6 Å². The SMILES string of the molecule is CC(C)Cn1cc[n+](CC(C)C)c1.[Br-]. The van der Waals surface area contributed by atoms with Gasteiger partial charge in [0.15, 0.2) is 0 Å². The number of halogens is 1. The van der Waals surface area contributed by atoms with E-state index in [4.69, 9.17) is 0 Å². The molecule has 82 valence electrons. The van der Waals surface area contributed by atoms with Gasteiger partial charge in [-0.15, -0.1) is 0 Å². The first-order valence-corrected chi connectivity index (χ1v) is 5.12. The first kappa shape index (κ1) is 13.7. The summed E-state index contributed by atoms with van der Waals surface area (Å²) in [7, 11) is 0. The second-order valence-corrected chi connectivity index (χ2v) is 4.59. The number of nitrogens with zero attached hydrogens (tertiary/aromatic N) is 2. The molecule has 1 rings (SSSR count). The fourth-order valence-electron chi connectivity index (χ4n) is 1.50. The molecule has 0 saturated heterocycles. The number of imidazole rings is 1. The minimum Gasteiger partial charge on any atom is -1.00 e. The third kappa shape index (κ3) is 4.80. The zero-order chi connectivity index (χ0) is 9.84. The quantitative estimate of drug-likeness (QED) is 0.621. The fourth-order valence-corrected chi connectivity index (χ4v) is 1.50. The highest BCUT2D eigenvalue weighted by molar-refractivity contribution is 4.67. The fraction of sp³-hybridized carbons (Fsp3) is 0.727. The number of rotatable bonds is 4. The predicted octanol–water partition coefficient (Wildman–Crippen LogP) is -0.908. The molecular formula is C11H21BrN2. The van der Waals surface area contributed by atoms with Gasteiger partial charge >= 0.3 is 0 Å². The van der Waals surface area contributed by atoms with E-state index in [0.717, 1.165) is 24.9 Å². The van der Waals surface area contributed by atoms with Crippen LogP contribution in [0.25, 0.3) is 0 Å². The third-order valence-corrected chi connectivity index (χ3v) is 1.90. The van der Waals surface area contributed by atoms with Gasteiger partial charge < -0.3 is 17.0 Å². The van der Waals surface area contributed by atoms with Gasteiger partial charge in [-0.05, 0) is 11.8 Å². The molecule has 1 heterocycles. The maximum atomic E-state index is 2.26. The molecule has 2 nitrogen and oxygen atoms in total. The van der Waals surface area contributed by atoms with Crippen LogP contribution in [0.3, 0.4) is 0 Å². The zero-order valence-electron chi connectivity index (χ0n) is 9.57. The molecule has 0 unspecified atom stereocenters. The van der Waals surface area contributed by atoms with Crippen molar-refractivity contribution in [3.05, 3.63) is 18.7 Å². The van der Waals surface area contributed by atoms with Gasteiger partial charge in [-0.25, -0.2) is 9.13 Å². The molecule has 3 heteroatoms. The van der Waals surface area contributed by atoms with Crippen LogP contribution in [0.4, 0.5) is 0 Å². The van der Waals surface area contributed by atoms with Crippen molar-refractivity contribution >= 4 is 0 Å². The molecule has 0 spiro atoms. The van der Waals surface area contributed by atoms with Crippen LogP contribution in [-0.4, -0.2) is 4.57 Å². The lowest BCUT2D eigenvalue weighted by molar-refractivity contribution is -0.701. The van der Waals surface area contributed by atoms with E-state index in [1.54, 1.807) is 0 Å². The Balaban J connectivity index is 0.00000169. The van der Waals surface area contributed by atoms with Crippen molar-refractivity contribution in [2.45, 2.75) is 40.8 Å². The van der Waals surface area contributed by atoms with Crippen molar-refractivity contribution in [1.82, 2.24) is 4.57 Å². The normalized spacial score (nSPS) is 10.7. The van der Waals surface area contributed by atoms with E-state index < -0.39 is 0 Å². The molecule has 0 atom stereocenters. The largest absolute Gasteiger partial charge is 1.00 e. The standard InChI is InChI=1S/C11H21N2.BrH/c1-10(2)7-12-5-6-13(9-12)8-11(3)4;/h5-6,9-11H,7-8H2,1-4H3;1H/q+1;/p-1. The second kappa shape index (κ2) is 6.23. The van der Waals surface area contributed by atoms with Gasteiger partial charge in [-0.2, -0.15) is 0 Å². The Hall–Kier alpha value is -0.310. The smallest absolute Gasteiger partial charge is 0.243 e. The molecule has 1 aromatic rings. The van der Waals surface area contributed by atoms with Gasteiger partial charge in [0, 0.05) is 0 Å². The summed E-state index contributed by atoms with van der Waals surface area (Å²) in [5.74, 6) is 1.44. The maximum absolute atomic E-state index is 2.26. The molecule has 0 aromatic carbocycles. The molecule has 1 aromatic heterocycles. The van der Waals surface area contributed by atoms with Gasteiger partial charge in [-0.1, -0.05) is 27.7 Å². The summed E-state index contributed by atoms with van der Waals surface area (Å²) in [6.45, 7) is 11.2. The summed E-state index contributed by atoms with van der Waals surface area (Å²) in [5, 5.41) is 0. The zero-order valence-corrected chi connectivity index (χ0v) is 11.2. The lowest BCUT2D eigenvalue weighted by Crippen LogP contribution is -3.00. The molecule has 14 heavy (non-hydrogen) atoms. The Morgan fingerprint density at radius 1 is 1.14 bits per heavy atom. The van der Waals surface area contributed by atoms with Crippen molar-refractivity contribution in [2.75, 3.05) is 0 Å². The monoisotopic (exact) mass is 260 g/mol. The highest BCUT2D eigenvalue weighted by Crippen LogP contribution is 1.97. The van der Waals surface area contributed by atoms with Crippen LogP contribution >= 0.6 is 0 Å². The van der Waals surface area contributed by atoms with Crippen LogP contribution in [0.15, 0.2) is 18.7 Å². The van der Waals surface area contributed by atoms with E-state index in [1.807, 2.05) is 0 Å². The van der Waals surface area contributed by atoms with Crippen molar-refractivity contribution < 1.29 is 21.5 Å². The van der Waals surface area contributed by atoms with Crippen molar-refractivity contribution in [1.29, 1.82) is 0 Å². The average Bonchev–Trinajstić information content (AvgIpc) is 2.33. The Kier molecular flexibility index (Phi) is 6.09. The third-order valence-electron chi connectivity index (χ3n) is 1.90. The van der Waals surface area contributed by atoms with Crippen molar-refractivity contribution in [3.8, 4) is 0 Å². The van der Waals surface area contributed by atoms with Gasteiger partial charge in [-0.3, -0.25) is 0 Å². The maximum Gasteiger partial charge on any atom is 0.243 e. The number of aromatic nitrogens is 2. The van der Waals surface area contributed by atoms with Crippen LogP contribution in [0.1, 0.15) is 27.7 Å². The Labute approximate surface area is 97.7 Å². The lowest BCUT2D eigenvalue weighted by atomic mass is 10.2. The molecule has 0 N–H and O–H groups in total. The molecule has 0 fully saturated rings. The number of hydrogen-bond acceptors (Lipinski definition) is 0. The minimum absolute atomic E-state index is 0. The first-order chi connectivity index (χ1) is 6.08. The molecule has 0 radical (unpaired) electrons. The summed E-state index contributed by atoms with van der Waals surface area (Å²) in [5.41, 5.74) is 0. The first-order valence-electron chi connectivity index (χ1n) is 5.12. The summed E-state index contributed by atoms with van der Waals surface area (Å²) >= 11 is 0. The van der Waals surface area contributed by atoms with E-state index in [9.17, 15) is 0 Å². The Morgan fingerprint density at radius 3 is 2.29 bits per heavy atom. The van der Waals surface area contributed by atoms with E-state index in [0.29, 0.717) is 0 Å². The van der Waals surface area contributed by atoms with E-state index >= 15 is 0 Å². The summed E-state index contributed by atoms with van der Waals surface area (Å²) in [4.78, 5) is 0. The Bertz CT molecular complexity index is 229. The average molecular weight is 261 g/mol. The minimum atomic E-state index is 0. The highest BCUT2D eigenvalue weighted by atomic mass is 79.9. The van der Waals surface area contributed by atoms with Crippen LogP contribution in [0.5, 0.6) is 0 Å². The van der Waals surface area contributed by atoms with E-state index in [-0.39, 0.29) is 17.0 Å². The Morgan fingerprint density at radius 2 is 1.79 bits per heavy atom. The second-order valence-electron chi connectivity index (χ2n) is 4.59. The molecule has 0 amide bonds. The molecule has 0 aliphatic rings. The van der Waals surface area contributed by atoms with Crippen LogP contribution < -0.4 is 21.5 Å². The topological polar surface area (TPSA) is 8.81 Å². The molecule has 0 bridgehead atoms. The molecule has 0 saturated carbocycles. The van der Waals surface area contributed by atoms with Crippen molar-refractivity contribution in [3.63, 3.8) is 0 Å². The molecule has 0 aliphatic carbocycles. The molecular weight excluding hydrogens is 240 g/mol. The summed E-state index contributed by atoms with van der Waals surface area (Å²) in [6.07, 6.45) is 6.50. The number of hydrogen-bond donors (Lipinski definition) is 0. The summed E-state index contributed by atoms with van der Waals surface area (Å²) in [6, 6.07) is 0. The van der Waals surface area contributed by atoms with Crippen LogP contribution in [-0.2, 0) is 13.1 Å². The predicted molar refractivity (Wildman–Crippen MR) is 54.3 cm³/mol. The highest BCUT2D eigenvalue weighted by Gasteiger charge is 2.06. The van der Waals surface area contributed by atoms with Gasteiger partial charge in [0.1, 0.15) is 12.4 Å². The van der Waals surface area contributed by atoms with Crippen LogP contribution in [0, 0.1) is 11.8 Å². The van der Waals surface area contributed by atoms with Gasteiger partial charge in [0.05, 0.1) is 13.1 Å². The lowest BCUT2D eigenvalue weighted by Gasteiger charge is -2.00. The van der Waals surface area contributed by atoms with Gasteiger partial charge in [0.25, 0.3) is 0 Å².